The van der Waals surface area contributed by atoms with Crippen molar-refractivity contribution in [1.82, 2.24) is 0 Å². The number of hydrogen-bond donors (Lipinski definition) is 2. The van der Waals surface area contributed by atoms with Gasteiger partial charge in [0.15, 0.2) is 5.78 Å². The predicted molar refractivity (Wildman–Crippen MR) is 95.5 cm³/mol. The fourth-order valence-corrected chi connectivity index (χ4v) is 2.42. The second kappa shape index (κ2) is 9.21. The van der Waals surface area contributed by atoms with Gasteiger partial charge in [-0.15, -0.1) is 0 Å². The first kappa shape index (κ1) is 18.2. The zero-order valence-corrected chi connectivity index (χ0v) is 14.1. The van der Waals surface area contributed by atoms with E-state index in [2.05, 4.69) is 5.32 Å². The Bertz CT molecular complexity index is 681. The van der Waals surface area contributed by atoms with Crippen LogP contribution in [0.3, 0.4) is 0 Å². The molecule has 0 radical (unpaired) electrons. The average molecular weight is 346 g/mol. The lowest BCUT2D eigenvalue weighted by Crippen LogP contribution is -2.12. The average Bonchev–Trinajstić information content (AvgIpc) is 2.57. The molecular formula is C19H20ClNO3. The maximum Gasteiger partial charge on any atom is 0.224 e. The Morgan fingerprint density at radius 2 is 1.62 bits per heavy atom. The van der Waals surface area contributed by atoms with Crippen LogP contribution in [-0.4, -0.2) is 23.4 Å². The summed E-state index contributed by atoms with van der Waals surface area (Å²) in [5.74, 6) is -0.110. The van der Waals surface area contributed by atoms with E-state index in [1.54, 1.807) is 24.3 Å². The van der Waals surface area contributed by atoms with Crippen LogP contribution in [-0.2, 0) is 11.2 Å². The molecule has 0 unspecified atom stereocenters. The van der Waals surface area contributed by atoms with Crippen molar-refractivity contribution in [1.29, 1.82) is 0 Å². The first-order valence-corrected chi connectivity index (χ1v) is 8.24. The Labute approximate surface area is 146 Å². The first-order valence-electron chi connectivity index (χ1n) is 7.87. The molecule has 0 aromatic heterocycles. The predicted octanol–water partition coefficient (Wildman–Crippen LogP) is 3.87. The molecule has 2 rings (SSSR count). The summed E-state index contributed by atoms with van der Waals surface area (Å²) in [6.45, 7) is 0.105. The largest absolute Gasteiger partial charge is 0.396 e. The van der Waals surface area contributed by atoms with Gasteiger partial charge in [0.25, 0.3) is 0 Å². The van der Waals surface area contributed by atoms with E-state index in [1.165, 1.54) is 0 Å². The third kappa shape index (κ3) is 5.80. The molecule has 2 aromatic carbocycles. The molecule has 0 aliphatic heterocycles. The number of hydrogen-bond acceptors (Lipinski definition) is 3. The molecule has 24 heavy (non-hydrogen) atoms. The second-order valence-corrected chi connectivity index (χ2v) is 5.94. The van der Waals surface area contributed by atoms with Gasteiger partial charge in [0.05, 0.1) is 0 Å². The summed E-state index contributed by atoms with van der Waals surface area (Å²) in [5.41, 5.74) is 2.34. The molecule has 2 N–H and O–H groups in total. The Hall–Kier alpha value is -2.17. The van der Waals surface area contributed by atoms with Gasteiger partial charge in [-0.3, -0.25) is 9.59 Å². The lowest BCUT2D eigenvalue weighted by molar-refractivity contribution is -0.116. The Kier molecular flexibility index (Phi) is 6.97. The molecule has 0 aliphatic carbocycles. The number of Topliss-reactive ketones (excluding diaryl/α,β-unsaturated/α-hetero) is 1. The van der Waals surface area contributed by atoms with Crippen molar-refractivity contribution in [2.45, 2.75) is 25.7 Å². The quantitative estimate of drug-likeness (QED) is 0.714. The zero-order valence-electron chi connectivity index (χ0n) is 13.3. The number of carbonyl (C=O) groups is 2. The summed E-state index contributed by atoms with van der Waals surface area (Å²) in [7, 11) is 0. The van der Waals surface area contributed by atoms with E-state index in [0.29, 0.717) is 35.5 Å². The Morgan fingerprint density at radius 3 is 2.25 bits per heavy atom. The highest BCUT2D eigenvalue weighted by Crippen LogP contribution is 2.14. The van der Waals surface area contributed by atoms with Gasteiger partial charge in [0, 0.05) is 35.7 Å². The van der Waals surface area contributed by atoms with Crippen molar-refractivity contribution < 1.29 is 14.7 Å². The van der Waals surface area contributed by atoms with E-state index in [0.717, 1.165) is 5.56 Å². The minimum atomic E-state index is -0.117. The normalized spacial score (nSPS) is 10.4. The van der Waals surface area contributed by atoms with Gasteiger partial charge in [0.2, 0.25) is 5.91 Å². The maximum atomic E-state index is 12.0. The fraction of sp³-hybridized carbons (Fsp3) is 0.263. The lowest BCUT2D eigenvalue weighted by Gasteiger charge is -2.06. The number of rotatable bonds is 8. The third-order valence-electron chi connectivity index (χ3n) is 3.61. The number of benzene rings is 2. The molecular weight excluding hydrogens is 326 g/mol. The summed E-state index contributed by atoms with van der Waals surface area (Å²) >= 11 is 5.79. The molecule has 0 spiro atoms. The van der Waals surface area contributed by atoms with E-state index in [9.17, 15) is 9.59 Å². The molecule has 0 aliphatic rings. The number of aliphatic hydroxyl groups is 1. The van der Waals surface area contributed by atoms with Gasteiger partial charge in [-0.2, -0.15) is 0 Å². The first-order chi connectivity index (χ1) is 11.6. The van der Waals surface area contributed by atoms with Crippen molar-refractivity contribution in [3.63, 3.8) is 0 Å². The Morgan fingerprint density at radius 1 is 0.958 bits per heavy atom. The molecule has 1 amide bonds. The minimum absolute atomic E-state index is 0.00724. The van der Waals surface area contributed by atoms with Crippen LogP contribution < -0.4 is 5.32 Å². The van der Waals surface area contributed by atoms with Gasteiger partial charge >= 0.3 is 0 Å². The molecule has 126 valence electrons. The van der Waals surface area contributed by atoms with E-state index in [1.807, 2.05) is 24.3 Å². The van der Waals surface area contributed by atoms with Crippen LogP contribution in [0.5, 0.6) is 0 Å². The summed E-state index contributed by atoms with van der Waals surface area (Å²) in [6.07, 6.45) is 1.71. The molecule has 0 heterocycles. The summed E-state index contributed by atoms with van der Waals surface area (Å²) in [4.78, 5) is 23.9. The van der Waals surface area contributed by atoms with Gasteiger partial charge in [0.1, 0.15) is 0 Å². The standard InChI is InChI=1S/C19H20ClNO3/c20-16-8-6-15(7-9-16)18(23)2-1-3-19(24)21-17-10-4-14(5-11-17)12-13-22/h4-11,22H,1-3,12-13H2,(H,21,24). The number of anilines is 1. The number of ketones is 1. The summed E-state index contributed by atoms with van der Waals surface area (Å²) < 4.78 is 0. The van der Waals surface area contributed by atoms with Gasteiger partial charge in [-0.1, -0.05) is 23.7 Å². The van der Waals surface area contributed by atoms with Crippen LogP contribution in [0, 0.1) is 0 Å². The third-order valence-corrected chi connectivity index (χ3v) is 3.86. The van der Waals surface area contributed by atoms with Crippen LogP contribution in [0.15, 0.2) is 48.5 Å². The second-order valence-electron chi connectivity index (χ2n) is 5.50. The zero-order chi connectivity index (χ0) is 17.4. The van der Waals surface area contributed by atoms with Crippen molar-refractivity contribution in [2.75, 3.05) is 11.9 Å². The Balaban J connectivity index is 1.74. The van der Waals surface area contributed by atoms with Crippen LogP contribution in [0.2, 0.25) is 5.02 Å². The van der Waals surface area contributed by atoms with Crippen LogP contribution in [0.25, 0.3) is 0 Å². The number of amides is 1. The lowest BCUT2D eigenvalue weighted by atomic mass is 10.1. The number of aliphatic hydroxyl groups excluding tert-OH is 1. The molecule has 0 fully saturated rings. The molecule has 5 heteroatoms. The number of halogens is 1. The monoisotopic (exact) mass is 345 g/mol. The molecule has 2 aromatic rings. The van der Waals surface area contributed by atoms with Crippen LogP contribution in [0.1, 0.15) is 35.2 Å². The molecule has 0 bridgehead atoms. The van der Waals surface area contributed by atoms with Gasteiger partial charge in [-0.05, 0) is 54.8 Å². The SMILES string of the molecule is O=C(CCCC(=O)c1ccc(Cl)cc1)Nc1ccc(CCO)cc1. The van der Waals surface area contributed by atoms with Crippen molar-refractivity contribution in [3.05, 3.63) is 64.7 Å². The molecule has 0 saturated carbocycles. The highest BCUT2D eigenvalue weighted by Gasteiger charge is 2.08. The van der Waals surface area contributed by atoms with Gasteiger partial charge in [-0.25, -0.2) is 0 Å². The van der Waals surface area contributed by atoms with E-state index >= 15 is 0 Å². The topological polar surface area (TPSA) is 66.4 Å². The van der Waals surface area contributed by atoms with Crippen molar-refractivity contribution >= 4 is 29.0 Å². The van der Waals surface area contributed by atoms with Crippen molar-refractivity contribution in [2.24, 2.45) is 0 Å². The number of carbonyl (C=O) groups excluding carboxylic acids is 2. The van der Waals surface area contributed by atoms with Crippen molar-refractivity contribution in [3.8, 4) is 0 Å². The minimum Gasteiger partial charge on any atom is -0.396 e. The van der Waals surface area contributed by atoms with E-state index in [-0.39, 0.29) is 24.7 Å². The fourth-order valence-electron chi connectivity index (χ4n) is 2.30. The van der Waals surface area contributed by atoms with E-state index < -0.39 is 0 Å². The highest BCUT2D eigenvalue weighted by molar-refractivity contribution is 6.30. The molecule has 0 saturated heterocycles. The van der Waals surface area contributed by atoms with E-state index in [4.69, 9.17) is 16.7 Å². The smallest absolute Gasteiger partial charge is 0.224 e. The summed E-state index contributed by atoms with van der Waals surface area (Å²) in [6, 6.07) is 14.1. The number of nitrogens with one attached hydrogen (secondary N) is 1. The van der Waals surface area contributed by atoms with Crippen LogP contribution in [0.4, 0.5) is 5.69 Å². The van der Waals surface area contributed by atoms with Gasteiger partial charge < -0.3 is 10.4 Å². The van der Waals surface area contributed by atoms with Crippen LogP contribution >= 0.6 is 11.6 Å². The summed E-state index contributed by atoms with van der Waals surface area (Å²) in [5, 5.41) is 12.3. The maximum absolute atomic E-state index is 12.0. The molecule has 0 atom stereocenters. The molecule has 4 nitrogen and oxygen atoms in total. The highest BCUT2D eigenvalue weighted by atomic mass is 35.5.